The maximum Gasteiger partial charge on any atom is 0.374 e. The topological polar surface area (TPSA) is 97.6 Å². The van der Waals surface area contributed by atoms with Gasteiger partial charge in [-0.2, -0.15) is 0 Å². The zero-order valence-electron chi connectivity index (χ0n) is 15.2. The monoisotopic (exact) mass is 400 g/mol. The van der Waals surface area contributed by atoms with Gasteiger partial charge in [-0.05, 0) is 49.7 Å². The second-order valence-electron chi connectivity index (χ2n) is 6.19. The number of carbonyl (C=O) groups is 3. The second-order valence-corrected chi connectivity index (χ2v) is 6.63. The van der Waals surface area contributed by atoms with Crippen molar-refractivity contribution in [3.05, 3.63) is 64.4 Å². The van der Waals surface area contributed by atoms with Crippen LogP contribution in [0.3, 0.4) is 0 Å². The number of furan rings is 1. The second kappa shape index (κ2) is 8.14. The van der Waals surface area contributed by atoms with Gasteiger partial charge in [0.2, 0.25) is 5.76 Å². The Labute approximate surface area is 165 Å². The lowest BCUT2D eigenvalue weighted by atomic mass is 10.1. The molecule has 28 heavy (non-hydrogen) atoms. The molecular weight excluding hydrogens is 384 g/mol. The zero-order valence-corrected chi connectivity index (χ0v) is 15.9. The highest BCUT2D eigenvalue weighted by molar-refractivity contribution is 6.31. The number of esters is 1. The molecule has 3 amide bonds. The van der Waals surface area contributed by atoms with Gasteiger partial charge in [0, 0.05) is 16.1 Å². The van der Waals surface area contributed by atoms with Crippen molar-refractivity contribution in [3.8, 4) is 0 Å². The third-order valence-corrected chi connectivity index (χ3v) is 4.13. The maximum absolute atomic E-state index is 12.0. The van der Waals surface area contributed by atoms with Crippen LogP contribution in [0.15, 0.2) is 46.9 Å². The Morgan fingerprint density at radius 1 is 1.07 bits per heavy atom. The van der Waals surface area contributed by atoms with Gasteiger partial charge in [0.25, 0.3) is 5.91 Å². The lowest BCUT2D eigenvalue weighted by Gasteiger charge is -2.10. The van der Waals surface area contributed by atoms with Gasteiger partial charge in [0.05, 0.1) is 0 Å². The van der Waals surface area contributed by atoms with Crippen LogP contribution in [0.2, 0.25) is 5.02 Å². The highest BCUT2D eigenvalue weighted by Crippen LogP contribution is 2.23. The fourth-order valence-corrected chi connectivity index (χ4v) is 2.77. The summed E-state index contributed by atoms with van der Waals surface area (Å²) >= 11 is 5.89. The summed E-state index contributed by atoms with van der Waals surface area (Å²) in [5.74, 6) is -1.66. The van der Waals surface area contributed by atoms with E-state index in [9.17, 15) is 14.4 Å². The number of imide groups is 1. The Hall–Kier alpha value is -3.32. The molecule has 2 aromatic carbocycles. The third kappa shape index (κ3) is 4.69. The van der Waals surface area contributed by atoms with E-state index in [0.717, 1.165) is 11.1 Å². The van der Waals surface area contributed by atoms with Gasteiger partial charge in [-0.3, -0.25) is 10.1 Å². The van der Waals surface area contributed by atoms with Crippen LogP contribution in [0.4, 0.5) is 10.5 Å². The molecule has 3 aromatic rings. The van der Waals surface area contributed by atoms with E-state index in [4.69, 9.17) is 20.8 Å². The number of ether oxygens (including phenoxy) is 1. The first-order chi connectivity index (χ1) is 13.3. The van der Waals surface area contributed by atoms with Crippen molar-refractivity contribution in [2.24, 2.45) is 0 Å². The number of rotatable bonds is 4. The molecule has 3 rings (SSSR count). The number of hydrogen-bond acceptors (Lipinski definition) is 5. The van der Waals surface area contributed by atoms with Crippen molar-refractivity contribution in [3.63, 3.8) is 0 Å². The smallest absolute Gasteiger partial charge is 0.374 e. The molecule has 0 aliphatic carbocycles. The summed E-state index contributed by atoms with van der Waals surface area (Å²) in [4.78, 5) is 35.8. The van der Waals surface area contributed by atoms with Crippen LogP contribution in [-0.2, 0) is 9.53 Å². The van der Waals surface area contributed by atoms with Gasteiger partial charge < -0.3 is 14.5 Å². The molecule has 0 saturated heterocycles. The van der Waals surface area contributed by atoms with Crippen LogP contribution in [0.25, 0.3) is 11.0 Å². The van der Waals surface area contributed by atoms with Crippen LogP contribution in [-0.4, -0.2) is 24.5 Å². The molecule has 0 atom stereocenters. The molecule has 0 aliphatic rings. The van der Waals surface area contributed by atoms with Gasteiger partial charge in [-0.1, -0.05) is 29.3 Å². The Bertz CT molecular complexity index is 1070. The van der Waals surface area contributed by atoms with Gasteiger partial charge in [-0.15, -0.1) is 0 Å². The van der Waals surface area contributed by atoms with Crippen LogP contribution in [0.5, 0.6) is 0 Å². The molecule has 0 fully saturated rings. The van der Waals surface area contributed by atoms with Crippen LogP contribution in [0.1, 0.15) is 21.7 Å². The van der Waals surface area contributed by atoms with Crippen LogP contribution in [0, 0.1) is 13.8 Å². The number of hydrogen-bond donors (Lipinski definition) is 2. The average Bonchev–Trinajstić information content (AvgIpc) is 3.05. The molecule has 0 spiro atoms. The standard InChI is InChI=1S/C20H17ClN2O5/c1-11-3-5-15(12(2)7-11)22-20(26)23-18(24)10-27-19(25)17-9-13-8-14(21)4-6-16(13)28-17/h3-9H,10H2,1-2H3,(H2,22,23,24,26). The quantitative estimate of drug-likeness (QED) is 0.639. The molecule has 7 nitrogen and oxygen atoms in total. The first-order valence-electron chi connectivity index (χ1n) is 8.36. The summed E-state index contributed by atoms with van der Waals surface area (Å²) in [7, 11) is 0. The molecule has 0 saturated carbocycles. The molecule has 144 valence electrons. The van der Waals surface area contributed by atoms with E-state index in [1.54, 1.807) is 24.3 Å². The summed E-state index contributed by atoms with van der Waals surface area (Å²) in [6, 6.07) is 11.1. The minimum atomic E-state index is -0.822. The van der Waals surface area contributed by atoms with Crippen molar-refractivity contribution in [1.29, 1.82) is 0 Å². The van der Waals surface area contributed by atoms with E-state index in [1.807, 2.05) is 26.0 Å². The lowest BCUT2D eigenvalue weighted by molar-refractivity contribution is -0.123. The fraction of sp³-hybridized carbons (Fsp3) is 0.150. The maximum atomic E-state index is 12.0. The molecule has 1 aromatic heterocycles. The molecule has 0 aliphatic heterocycles. The number of carbonyl (C=O) groups excluding carboxylic acids is 3. The van der Waals surface area contributed by atoms with Gasteiger partial charge >= 0.3 is 12.0 Å². The molecular formula is C20H17ClN2O5. The predicted molar refractivity (Wildman–Crippen MR) is 105 cm³/mol. The number of halogens is 1. The Morgan fingerprint density at radius 2 is 1.86 bits per heavy atom. The molecule has 0 radical (unpaired) electrons. The van der Waals surface area contributed by atoms with E-state index in [-0.39, 0.29) is 5.76 Å². The number of amides is 3. The van der Waals surface area contributed by atoms with Crippen LogP contribution >= 0.6 is 11.6 Å². The molecule has 0 unspecified atom stereocenters. The third-order valence-electron chi connectivity index (χ3n) is 3.90. The highest BCUT2D eigenvalue weighted by Gasteiger charge is 2.17. The van der Waals surface area contributed by atoms with E-state index in [2.05, 4.69) is 10.6 Å². The van der Waals surface area contributed by atoms with E-state index in [1.165, 1.54) is 6.07 Å². The van der Waals surface area contributed by atoms with E-state index < -0.39 is 24.5 Å². The van der Waals surface area contributed by atoms with Crippen molar-refractivity contribution < 1.29 is 23.5 Å². The molecule has 8 heteroatoms. The first kappa shape index (κ1) is 19.4. The predicted octanol–water partition coefficient (Wildman–Crippen LogP) is 4.21. The SMILES string of the molecule is Cc1ccc(NC(=O)NC(=O)COC(=O)c2cc3cc(Cl)ccc3o2)c(C)c1. The summed E-state index contributed by atoms with van der Waals surface area (Å²) in [6.45, 7) is 3.15. The van der Waals surface area contributed by atoms with Crippen molar-refractivity contribution in [2.75, 3.05) is 11.9 Å². The largest absolute Gasteiger partial charge is 0.450 e. The highest BCUT2D eigenvalue weighted by atomic mass is 35.5. The molecule has 0 bridgehead atoms. The summed E-state index contributed by atoms with van der Waals surface area (Å²) in [6.07, 6.45) is 0. The summed E-state index contributed by atoms with van der Waals surface area (Å²) in [5.41, 5.74) is 2.96. The van der Waals surface area contributed by atoms with Crippen molar-refractivity contribution in [1.82, 2.24) is 5.32 Å². The molecule has 1 heterocycles. The minimum Gasteiger partial charge on any atom is -0.450 e. The van der Waals surface area contributed by atoms with E-state index in [0.29, 0.717) is 21.7 Å². The average molecular weight is 401 g/mol. The number of nitrogens with one attached hydrogen (secondary N) is 2. The van der Waals surface area contributed by atoms with Gasteiger partial charge in [0.1, 0.15) is 5.58 Å². The Morgan fingerprint density at radius 3 is 2.61 bits per heavy atom. The van der Waals surface area contributed by atoms with Crippen molar-refractivity contribution >= 4 is 46.2 Å². The number of urea groups is 1. The number of fused-ring (bicyclic) bond motifs is 1. The summed E-state index contributed by atoms with van der Waals surface area (Å²) in [5, 5.41) is 5.80. The van der Waals surface area contributed by atoms with Gasteiger partial charge in [0.15, 0.2) is 6.61 Å². The fourth-order valence-electron chi connectivity index (χ4n) is 2.59. The van der Waals surface area contributed by atoms with Crippen molar-refractivity contribution in [2.45, 2.75) is 13.8 Å². The van der Waals surface area contributed by atoms with E-state index >= 15 is 0 Å². The number of anilines is 1. The number of aryl methyl sites for hydroxylation is 2. The first-order valence-corrected chi connectivity index (χ1v) is 8.74. The number of benzene rings is 2. The van der Waals surface area contributed by atoms with Gasteiger partial charge in [-0.25, -0.2) is 9.59 Å². The Kier molecular flexibility index (Phi) is 5.65. The summed E-state index contributed by atoms with van der Waals surface area (Å²) < 4.78 is 10.2. The lowest BCUT2D eigenvalue weighted by Crippen LogP contribution is -2.37. The minimum absolute atomic E-state index is 0.0650. The molecule has 2 N–H and O–H groups in total. The normalized spacial score (nSPS) is 10.5. The Balaban J connectivity index is 1.52. The zero-order chi connectivity index (χ0) is 20.3. The van der Waals surface area contributed by atoms with Crippen LogP contribution < -0.4 is 10.6 Å².